The van der Waals surface area contributed by atoms with Crippen LogP contribution in [0, 0.1) is 0 Å². The molecule has 0 aliphatic rings. The first-order valence-corrected chi connectivity index (χ1v) is 6.34. The van der Waals surface area contributed by atoms with Crippen LogP contribution in [0.25, 0.3) is 0 Å². The molecule has 8 heteroatoms. The maximum atomic E-state index is 12.3. The molecule has 1 rings (SSSR count). The summed E-state index contributed by atoms with van der Waals surface area (Å²) in [5, 5.41) is -1.07. The number of hydrogen-bond acceptors (Lipinski definition) is 4. The number of hydrogen-bond donors (Lipinski definition) is 0. The zero-order valence-electron chi connectivity index (χ0n) is 11.2. The Morgan fingerprint density at radius 1 is 1.33 bits per heavy atom. The summed E-state index contributed by atoms with van der Waals surface area (Å²) < 4.78 is 45.4. The van der Waals surface area contributed by atoms with Gasteiger partial charge in [-0.25, -0.2) is 4.79 Å². The van der Waals surface area contributed by atoms with Crippen molar-refractivity contribution in [2.45, 2.75) is 25.6 Å². The molecular weight excluding hydrogens is 313 g/mol. The van der Waals surface area contributed by atoms with Crippen LogP contribution < -0.4 is 4.74 Å². The number of Topliss-reactive ketones (excluding diaryl/α,β-unsaturated/α-hetero) is 1. The highest BCUT2D eigenvalue weighted by Gasteiger charge is 2.33. The molecule has 116 valence electrons. The summed E-state index contributed by atoms with van der Waals surface area (Å²) in [7, 11) is 0. The van der Waals surface area contributed by atoms with Crippen LogP contribution >= 0.6 is 11.6 Å². The van der Waals surface area contributed by atoms with Gasteiger partial charge in [0, 0.05) is 0 Å². The Labute approximate surface area is 123 Å². The topological polar surface area (TPSA) is 52.6 Å². The highest BCUT2D eigenvalue weighted by Crippen LogP contribution is 2.29. The van der Waals surface area contributed by atoms with E-state index in [1.54, 1.807) is 6.92 Å². The van der Waals surface area contributed by atoms with Gasteiger partial charge in [0.05, 0.1) is 23.1 Å². The molecule has 1 atom stereocenters. The van der Waals surface area contributed by atoms with Crippen LogP contribution in [-0.4, -0.2) is 30.1 Å². The third-order valence-corrected chi connectivity index (χ3v) is 2.54. The quantitative estimate of drug-likeness (QED) is 0.472. The standard InChI is InChI=1S/C13H12ClF3O4/c1-3-20-12(19)8-4-5-10(21-13(15,16)17)9(6-8)11(18)7(2)14/h4-7H,3H2,1-2H3. The molecule has 0 spiro atoms. The van der Waals surface area contributed by atoms with E-state index in [1.807, 2.05) is 0 Å². The van der Waals surface area contributed by atoms with Crippen LogP contribution in [0.4, 0.5) is 13.2 Å². The van der Waals surface area contributed by atoms with Crippen molar-refractivity contribution < 1.29 is 32.2 Å². The van der Waals surface area contributed by atoms with Crippen LogP contribution in [0.15, 0.2) is 18.2 Å². The molecule has 1 aromatic carbocycles. The molecule has 1 unspecified atom stereocenters. The number of ether oxygens (including phenoxy) is 2. The molecule has 21 heavy (non-hydrogen) atoms. The van der Waals surface area contributed by atoms with Crippen molar-refractivity contribution in [3.8, 4) is 5.75 Å². The van der Waals surface area contributed by atoms with Gasteiger partial charge in [0.1, 0.15) is 5.75 Å². The first kappa shape index (κ1) is 17.3. The Morgan fingerprint density at radius 2 is 1.95 bits per heavy atom. The molecule has 0 radical (unpaired) electrons. The molecule has 0 saturated heterocycles. The molecule has 0 heterocycles. The maximum Gasteiger partial charge on any atom is 0.573 e. The van der Waals surface area contributed by atoms with E-state index in [1.165, 1.54) is 6.92 Å². The zero-order valence-corrected chi connectivity index (χ0v) is 11.9. The number of rotatable bonds is 5. The monoisotopic (exact) mass is 324 g/mol. The average Bonchev–Trinajstić information content (AvgIpc) is 2.36. The van der Waals surface area contributed by atoms with Gasteiger partial charge in [0.15, 0.2) is 5.78 Å². The highest BCUT2D eigenvalue weighted by atomic mass is 35.5. The lowest BCUT2D eigenvalue weighted by molar-refractivity contribution is -0.274. The van der Waals surface area contributed by atoms with E-state index < -0.39 is 34.8 Å². The van der Waals surface area contributed by atoms with E-state index in [2.05, 4.69) is 4.74 Å². The Bertz CT molecular complexity index is 541. The van der Waals surface area contributed by atoms with Crippen molar-refractivity contribution in [1.29, 1.82) is 0 Å². The van der Waals surface area contributed by atoms with E-state index in [4.69, 9.17) is 16.3 Å². The van der Waals surface area contributed by atoms with Crippen LogP contribution in [-0.2, 0) is 4.74 Å². The first-order chi connectivity index (χ1) is 9.65. The van der Waals surface area contributed by atoms with Crippen molar-refractivity contribution in [2.75, 3.05) is 6.61 Å². The fourth-order valence-electron chi connectivity index (χ4n) is 1.49. The lowest BCUT2D eigenvalue weighted by Crippen LogP contribution is -2.21. The first-order valence-electron chi connectivity index (χ1n) is 5.91. The number of carbonyl (C=O) groups is 2. The predicted octanol–water partition coefficient (Wildman–Crippen LogP) is 3.57. The number of ketones is 1. The van der Waals surface area contributed by atoms with Gasteiger partial charge in [-0.15, -0.1) is 24.8 Å². The molecule has 0 aliphatic heterocycles. The molecule has 0 saturated carbocycles. The molecule has 4 nitrogen and oxygen atoms in total. The van der Waals surface area contributed by atoms with Crippen LogP contribution in [0.5, 0.6) is 5.75 Å². The molecule has 0 N–H and O–H groups in total. The number of esters is 1. The summed E-state index contributed by atoms with van der Waals surface area (Å²) in [4.78, 5) is 23.4. The van der Waals surface area contributed by atoms with Gasteiger partial charge >= 0.3 is 12.3 Å². The number of halogens is 4. The Kier molecular flexibility index (Phi) is 5.60. The number of alkyl halides is 4. The average molecular weight is 325 g/mol. The van der Waals surface area contributed by atoms with Gasteiger partial charge < -0.3 is 9.47 Å². The minimum Gasteiger partial charge on any atom is -0.462 e. The molecule has 0 aromatic heterocycles. The molecule has 0 bridgehead atoms. The zero-order chi connectivity index (χ0) is 16.2. The maximum absolute atomic E-state index is 12.3. The molecule has 1 aromatic rings. The normalized spacial score (nSPS) is 12.7. The minimum absolute atomic E-state index is 0.0629. The summed E-state index contributed by atoms with van der Waals surface area (Å²) in [6.45, 7) is 2.97. The molecular formula is C13H12ClF3O4. The molecule has 0 amide bonds. The second kappa shape index (κ2) is 6.80. The third kappa shape index (κ3) is 4.93. The van der Waals surface area contributed by atoms with E-state index >= 15 is 0 Å². The van der Waals surface area contributed by atoms with Gasteiger partial charge in [0.25, 0.3) is 0 Å². The summed E-state index contributed by atoms with van der Waals surface area (Å²) in [5.41, 5.74) is -0.493. The van der Waals surface area contributed by atoms with Crippen LogP contribution in [0.3, 0.4) is 0 Å². The number of carbonyl (C=O) groups excluding carboxylic acids is 2. The van der Waals surface area contributed by atoms with E-state index in [9.17, 15) is 22.8 Å². The fourth-order valence-corrected chi connectivity index (χ4v) is 1.61. The second-order valence-electron chi connectivity index (χ2n) is 3.96. The van der Waals surface area contributed by atoms with E-state index in [-0.39, 0.29) is 12.2 Å². The van der Waals surface area contributed by atoms with E-state index in [0.717, 1.165) is 18.2 Å². The van der Waals surface area contributed by atoms with Crippen LogP contribution in [0.2, 0.25) is 0 Å². The highest BCUT2D eigenvalue weighted by molar-refractivity contribution is 6.34. The van der Waals surface area contributed by atoms with Crippen molar-refractivity contribution in [1.82, 2.24) is 0 Å². The SMILES string of the molecule is CCOC(=O)c1ccc(OC(F)(F)F)c(C(=O)C(C)Cl)c1. The fraction of sp³-hybridized carbons (Fsp3) is 0.385. The Morgan fingerprint density at radius 3 is 2.43 bits per heavy atom. The van der Waals surface area contributed by atoms with Crippen molar-refractivity contribution in [2.24, 2.45) is 0 Å². The largest absolute Gasteiger partial charge is 0.573 e. The predicted molar refractivity (Wildman–Crippen MR) is 68.7 cm³/mol. The lowest BCUT2D eigenvalue weighted by atomic mass is 10.0. The smallest absolute Gasteiger partial charge is 0.462 e. The third-order valence-electron chi connectivity index (χ3n) is 2.34. The number of benzene rings is 1. The molecule has 0 fully saturated rings. The summed E-state index contributed by atoms with van der Waals surface area (Å²) in [6, 6.07) is 2.93. The van der Waals surface area contributed by atoms with Gasteiger partial charge in [-0.1, -0.05) is 0 Å². The molecule has 0 aliphatic carbocycles. The van der Waals surface area contributed by atoms with E-state index in [0.29, 0.717) is 0 Å². The van der Waals surface area contributed by atoms with Crippen molar-refractivity contribution >= 4 is 23.4 Å². The van der Waals surface area contributed by atoms with Crippen molar-refractivity contribution in [3.63, 3.8) is 0 Å². The second-order valence-corrected chi connectivity index (χ2v) is 4.61. The summed E-state index contributed by atoms with van der Waals surface area (Å²) in [6.07, 6.45) is -4.96. The lowest BCUT2D eigenvalue weighted by Gasteiger charge is -2.14. The van der Waals surface area contributed by atoms with Gasteiger partial charge in [-0.2, -0.15) is 0 Å². The Balaban J connectivity index is 3.26. The van der Waals surface area contributed by atoms with Crippen molar-refractivity contribution in [3.05, 3.63) is 29.3 Å². The van der Waals surface area contributed by atoms with Crippen LogP contribution in [0.1, 0.15) is 34.6 Å². The minimum atomic E-state index is -4.96. The summed E-state index contributed by atoms with van der Waals surface area (Å²) >= 11 is 5.60. The summed E-state index contributed by atoms with van der Waals surface area (Å²) in [5.74, 6) is -2.26. The van der Waals surface area contributed by atoms with Gasteiger partial charge in [-0.3, -0.25) is 4.79 Å². The van der Waals surface area contributed by atoms with Gasteiger partial charge in [-0.05, 0) is 32.0 Å². The Hall–Kier alpha value is -1.76. The van der Waals surface area contributed by atoms with Gasteiger partial charge in [0.2, 0.25) is 0 Å².